The minimum absolute atomic E-state index is 0.0361. The summed E-state index contributed by atoms with van der Waals surface area (Å²) in [4.78, 5) is 13.3. The number of hydrogen-bond acceptors (Lipinski definition) is 8. The van der Waals surface area contributed by atoms with Crippen LogP contribution in [0, 0.1) is 6.92 Å². The molecule has 50 heavy (non-hydrogen) atoms. The van der Waals surface area contributed by atoms with E-state index >= 15 is 0 Å². The predicted molar refractivity (Wildman–Crippen MR) is 198 cm³/mol. The maximum absolute atomic E-state index is 13.3. The van der Waals surface area contributed by atoms with Crippen LogP contribution in [0.25, 0.3) is 5.69 Å². The van der Waals surface area contributed by atoms with Gasteiger partial charge in [0.05, 0.1) is 37.5 Å². The lowest BCUT2D eigenvalue weighted by atomic mass is 9.92. The normalized spacial score (nSPS) is 11.3. The number of aromatic nitrogens is 3. The van der Waals surface area contributed by atoms with Crippen molar-refractivity contribution in [3.05, 3.63) is 141 Å². The molecule has 0 unspecified atom stereocenters. The molecule has 10 nitrogen and oxygen atoms in total. The largest absolute Gasteiger partial charge is 0.497 e. The standard InChI is InChI=1S/C39H44ClN5O5/c1-26-20-34(37(40)38(47)44(26)24-28-14-16-32(48-6)17-15-28)50-25-30-11-8-7-10-29(30)23-41-27(2)42-36-22-35(39(3,4)5)43-45(36)31-12-9-13-33(21-31)49-19-18-46/h7-17,20-22,41-42,46H,2,18-19,23-25H2,1,3-6H3. The maximum atomic E-state index is 13.3. The van der Waals surface area contributed by atoms with Crippen molar-refractivity contribution in [1.29, 1.82) is 0 Å². The van der Waals surface area contributed by atoms with Crippen molar-refractivity contribution in [1.82, 2.24) is 19.7 Å². The molecule has 5 aromatic rings. The molecular weight excluding hydrogens is 654 g/mol. The van der Waals surface area contributed by atoms with Crippen LogP contribution in [0.4, 0.5) is 5.82 Å². The molecule has 0 atom stereocenters. The van der Waals surface area contributed by atoms with E-state index < -0.39 is 0 Å². The van der Waals surface area contributed by atoms with Crippen molar-refractivity contribution in [3.63, 3.8) is 0 Å². The zero-order valence-corrected chi connectivity index (χ0v) is 29.9. The van der Waals surface area contributed by atoms with Crippen molar-refractivity contribution in [2.45, 2.75) is 52.8 Å². The quantitative estimate of drug-likeness (QED) is 0.108. The zero-order chi connectivity index (χ0) is 35.8. The van der Waals surface area contributed by atoms with Gasteiger partial charge in [0, 0.05) is 35.9 Å². The molecule has 0 radical (unpaired) electrons. The topological polar surface area (TPSA) is 112 Å². The van der Waals surface area contributed by atoms with Crippen LogP contribution < -0.4 is 30.4 Å². The molecule has 0 aliphatic rings. The number of methoxy groups -OCH3 is 1. The molecular formula is C39H44ClN5O5. The van der Waals surface area contributed by atoms with E-state index in [0.29, 0.717) is 30.4 Å². The summed E-state index contributed by atoms with van der Waals surface area (Å²) < 4.78 is 20.5. The molecule has 2 aromatic heterocycles. The predicted octanol–water partition coefficient (Wildman–Crippen LogP) is 6.97. The number of halogens is 1. The first-order valence-electron chi connectivity index (χ1n) is 16.3. The molecule has 3 N–H and O–H groups in total. The SMILES string of the molecule is C=C(NCc1ccccc1COc1cc(C)n(Cc2ccc(OC)cc2)c(=O)c1Cl)Nc1cc(C(C)(C)C)nn1-c1cccc(OCCO)c1. The van der Waals surface area contributed by atoms with Crippen LogP contribution in [0.5, 0.6) is 17.2 Å². The lowest BCUT2D eigenvalue weighted by Crippen LogP contribution is -2.24. The van der Waals surface area contributed by atoms with Gasteiger partial charge in [0.15, 0.2) is 0 Å². The molecule has 0 aliphatic heterocycles. The minimum Gasteiger partial charge on any atom is -0.497 e. The van der Waals surface area contributed by atoms with Crippen LogP contribution >= 0.6 is 11.6 Å². The molecule has 0 saturated carbocycles. The second-order valence-corrected chi connectivity index (χ2v) is 13.2. The first-order chi connectivity index (χ1) is 24.0. The number of hydrogen-bond donors (Lipinski definition) is 3. The van der Waals surface area contributed by atoms with Gasteiger partial charge in [-0.15, -0.1) is 0 Å². The van der Waals surface area contributed by atoms with Gasteiger partial charge in [0.2, 0.25) is 0 Å². The van der Waals surface area contributed by atoms with Gasteiger partial charge in [-0.3, -0.25) is 4.79 Å². The van der Waals surface area contributed by atoms with Crippen molar-refractivity contribution in [2.24, 2.45) is 0 Å². The van der Waals surface area contributed by atoms with Crippen LogP contribution in [0.15, 0.2) is 102 Å². The van der Waals surface area contributed by atoms with Gasteiger partial charge in [0.1, 0.15) is 41.3 Å². The fraction of sp³-hybridized carbons (Fsp3) is 0.282. The number of nitrogens with one attached hydrogen (secondary N) is 2. The molecule has 2 heterocycles. The highest BCUT2D eigenvalue weighted by Gasteiger charge is 2.21. The van der Waals surface area contributed by atoms with E-state index in [9.17, 15) is 9.90 Å². The summed E-state index contributed by atoms with van der Waals surface area (Å²) in [5.41, 5.74) is 4.82. The van der Waals surface area contributed by atoms with Gasteiger partial charge in [0.25, 0.3) is 5.56 Å². The third-order valence-corrected chi connectivity index (χ3v) is 8.44. The number of nitrogens with zero attached hydrogens (tertiary/aromatic N) is 3. The Labute approximate surface area is 297 Å². The molecule has 262 valence electrons. The van der Waals surface area contributed by atoms with Gasteiger partial charge in [-0.2, -0.15) is 5.10 Å². The first-order valence-corrected chi connectivity index (χ1v) is 16.7. The van der Waals surface area contributed by atoms with Gasteiger partial charge in [-0.25, -0.2) is 4.68 Å². The summed E-state index contributed by atoms with van der Waals surface area (Å²) in [7, 11) is 1.62. The molecule has 0 bridgehead atoms. The number of pyridine rings is 1. The number of aliphatic hydroxyl groups excluding tert-OH is 1. The molecule has 0 saturated heterocycles. The Morgan fingerprint density at radius 2 is 1.70 bits per heavy atom. The van der Waals surface area contributed by atoms with Gasteiger partial charge < -0.3 is 34.5 Å². The fourth-order valence-corrected chi connectivity index (χ4v) is 5.47. The highest BCUT2D eigenvalue weighted by atomic mass is 35.5. The summed E-state index contributed by atoms with van der Waals surface area (Å²) in [6, 6.07) is 26.8. The van der Waals surface area contributed by atoms with Gasteiger partial charge in [-0.05, 0) is 47.9 Å². The lowest BCUT2D eigenvalue weighted by molar-refractivity contribution is 0.201. The van der Waals surface area contributed by atoms with E-state index in [1.165, 1.54) is 0 Å². The highest BCUT2D eigenvalue weighted by molar-refractivity contribution is 6.31. The molecule has 0 amide bonds. The second kappa shape index (κ2) is 16.0. The summed E-state index contributed by atoms with van der Waals surface area (Å²) >= 11 is 6.55. The zero-order valence-electron chi connectivity index (χ0n) is 29.1. The molecule has 0 fully saturated rings. The Morgan fingerprint density at radius 1 is 0.960 bits per heavy atom. The number of anilines is 1. The van der Waals surface area contributed by atoms with Crippen LogP contribution in [-0.2, 0) is 25.1 Å². The number of rotatable bonds is 15. The highest BCUT2D eigenvalue weighted by Crippen LogP contribution is 2.29. The third-order valence-electron chi connectivity index (χ3n) is 8.09. The first kappa shape index (κ1) is 36.1. The maximum Gasteiger partial charge on any atom is 0.273 e. The van der Waals surface area contributed by atoms with Crippen LogP contribution in [-0.4, -0.2) is 39.8 Å². The number of ether oxygens (including phenoxy) is 3. The fourth-order valence-electron chi connectivity index (χ4n) is 5.26. The molecule has 5 rings (SSSR count). The Kier molecular flexibility index (Phi) is 11.6. The summed E-state index contributed by atoms with van der Waals surface area (Å²) in [6.07, 6.45) is 0. The second-order valence-electron chi connectivity index (χ2n) is 12.9. The Balaban J connectivity index is 1.26. The molecule has 11 heteroatoms. The Hall–Kier alpha value is -5.19. The Bertz CT molecular complexity index is 2000. The van der Waals surface area contributed by atoms with E-state index in [4.69, 9.17) is 30.9 Å². The van der Waals surface area contributed by atoms with E-state index in [2.05, 4.69) is 38.0 Å². The van der Waals surface area contributed by atoms with Crippen molar-refractivity contribution < 1.29 is 19.3 Å². The molecule has 0 aliphatic carbocycles. The number of aryl methyl sites for hydroxylation is 1. The van der Waals surface area contributed by atoms with E-state index in [1.807, 2.05) is 90.5 Å². The smallest absolute Gasteiger partial charge is 0.273 e. The monoisotopic (exact) mass is 697 g/mol. The van der Waals surface area contributed by atoms with Crippen molar-refractivity contribution >= 4 is 17.4 Å². The third kappa shape index (κ3) is 8.88. The van der Waals surface area contributed by atoms with E-state index in [0.717, 1.165) is 45.3 Å². The molecule has 3 aromatic carbocycles. The van der Waals surface area contributed by atoms with E-state index in [1.54, 1.807) is 17.7 Å². The van der Waals surface area contributed by atoms with Gasteiger partial charge in [-0.1, -0.05) is 81.4 Å². The summed E-state index contributed by atoms with van der Waals surface area (Å²) in [5, 5.41) is 20.9. The van der Waals surface area contributed by atoms with Crippen LogP contribution in [0.1, 0.15) is 48.8 Å². The minimum atomic E-state index is -0.312. The van der Waals surface area contributed by atoms with Gasteiger partial charge >= 0.3 is 0 Å². The molecule has 0 spiro atoms. The van der Waals surface area contributed by atoms with Crippen molar-refractivity contribution in [3.8, 4) is 22.9 Å². The Morgan fingerprint density at radius 3 is 2.40 bits per heavy atom. The average Bonchev–Trinajstić information content (AvgIpc) is 3.54. The van der Waals surface area contributed by atoms with Crippen LogP contribution in [0.2, 0.25) is 5.02 Å². The van der Waals surface area contributed by atoms with Crippen LogP contribution in [0.3, 0.4) is 0 Å². The number of benzene rings is 3. The number of aliphatic hydroxyl groups is 1. The average molecular weight is 698 g/mol. The van der Waals surface area contributed by atoms with E-state index in [-0.39, 0.29) is 35.8 Å². The van der Waals surface area contributed by atoms with Crippen molar-refractivity contribution in [2.75, 3.05) is 25.6 Å². The lowest BCUT2D eigenvalue weighted by Gasteiger charge is -2.17. The summed E-state index contributed by atoms with van der Waals surface area (Å²) in [6.45, 7) is 13.6. The summed E-state index contributed by atoms with van der Waals surface area (Å²) in [5.74, 6) is 3.03.